The molecule has 1 fully saturated rings. The molecule has 0 aliphatic carbocycles. The third kappa shape index (κ3) is 3.65. The highest BCUT2D eigenvalue weighted by molar-refractivity contribution is 5.96. The summed E-state index contributed by atoms with van der Waals surface area (Å²) in [7, 11) is 0. The van der Waals surface area contributed by atoms with Crippen LogP contribution in [0.15, 0.2) is 47.0 Å². The number of aromatic nitrogens is 2. The second-order valence-corrected chi connectivity index (χ2v) is 7.01. The number of furan rings is 1. The molecule has 1 aromatic carbocycles. The molecule has 150 valence electrons. The van der Waals surface area contributed by atoms with Crippen molar-refractivity contribution in [3.05, 3.63) is 71.2 Å². The summed E-state index contributed by atoms with van der Waals surface area (Å²) in [5.74, 6) is 0.569. The number of carbonyl (C=O) groups excluding carboxylic acids is 2. The molecule has 29 heavy (non-hydrogen) atoms. The van der Waals surface area contributed by atoms with E-state index >= 15 is 0 Å². The van der Waals surface area contributed by atoms with E-state index in [1.165, 1.54) is 10.7 Å². The Morgan fingerprint density at radius 3 is 2.28 bits per heavy atom. The lowest BCUT2D eigenvalue weighted by atomic mass is 10.2. The van der Waals surface area contributed by atoms with Crippen LogP contribution in [0.2, 0.25) is 0 Å². The van der Waals surface area contributed by atoms with E-state index in [4.69, 9.17) is 4.42 Å². The minimum atomic E-state index is -0.411. The Bertz CT molecular complexity index is 1060. The average Bonchev–Trinajstić information content (AvgIpc) is 3.34. The van der Waals surface area contributed by atoms with Crippen LogP contribution in [-0.2, 0) is 0 Å². The molecule has 0 unspecified atom stereocenters. The van der Waals surface area contributed by atoms with Crippen LogP contribution in [0.3, 0.4) is 0 Å². The SMILES string of the molecule is Cc1cc(C(=O)N2CCN(C(=O)c3ccn(-c4ccccc4F)n3)CC2)c(C)o1. The van der Waals surface area contributed by atoms with Crippen molar-refractivity contribution in [1.82, 2.24) is 19.6 Å². The van der Waals surface area contributed by atoms with Crippen molar-refractivity contribution in [2.75, 3.05) is 26.2 Å². The Kier molecular flexibility index (Phi) is 4.92. The molecule has 0 radical (unpaired) electrons. The Balaban J connectivity index is 1.41. The molecule has 2 amide bonds. The van der Waals surface area contributed by atoms with Crippen molar-refractivity contribution in [1.29, 1.82) is 0 Å². The van der Waals surface area contributed by atoms with E-state index in [0.717, 1.165) is 0 Å². The van der Waals surface area contributed by atoms with Crippen molar-refractivity contribution in [3.8, 4) is 5.69 Å². The molecule has 1 saturated heterocycles. The summed E-state index contributed by atoms with van der Waals surface area (Å²) in [6.45, 7) is 5.26. The summed E-state index contributed by atoms with van der Waals surface area (Å²) in [6.07, 6.45) is 1.56. The summed E-state index contributed by atoms with van der Waals surface area (Å²) in [5, 5.41) is 4.23. The quantitative estimate of drug-likeness (QED) is 0.683. The van der Waals surface area contributed by atoms with Gasteiger partial charge in [-0.2, -0.15) is 5.10 Å². The number of hydrogen-bond donors (Lipinski definition) is 0. The number of aryl methyl sites for hydroxylation is 2. The van der Waals surface area contributed by atoms with Gasteiger partial charge >= 0.3 is 0 Å². The van der Waals surface area contributed by atoms with Crippen LogP contribution in [-0.4, -0.2) is 57.6 Å². The zero-order valence-electron chi connectivity index (χ0n) is 16.3. The number of rotatable bonds is 3. The number of para-hydroxylation sites is 1. The first-order chi connectivity index (χ1) is 13.9. The Hall–Kier alpha value is -3.42. The van der Waals surface area contributed by atoms with E-state index in [1.54, 1.807) is 60.2 Å². The number of halogens is 1. The lowest BCUT2D eigenvalue weighted by Crippen LogP contribution is -2.50. The molecule has 4 rings (SSSR count). The van der Waals surface area contributed by atoms with E-state index in [9.17, 15) is 14.0 Å². The van der Waals surface area contributed by atoms with Gasteiger partial charge in [0.1, 0.15) is 23.0 Å². The van der Waals surface area contributed by atoms with Crippen LogP contribution in [0.4, 0.5) is 4.39 Å². The number of benzene rings is 1. The van der Waals surface area contributed by atoms with E-state index in [2.05, 4.69) is 5.10 Å². The van der Waals surface area contributed by atoms with Crippen LogP contribution < -0.4 is 0 Å². The highest BCUT2D eigenvalue weighted by Crippen LogP contribution is 2.18. The molecule has 2 aromatic heterocycles. The van der Waals surface area contributed by atoms with Crippen LogP contribution in [0.1, 0.15) is 32.4 Å². The van der Waals surface area contributed by atoms with Crippen LogP contribution in [0, 0.1) is 19.7 Å². The molecule has 0 spiro atoms. The fraction of sp³-hybridized carbons (Fsp3) is 0.286. The van der Waals surface area contributed by atoms with Crippen molar-refractivity contribution in [2.24, 2.45) is 0 Å². The fourth-order valence-electron chi connectivity index (χ4n) is 3.50. The number of amides is 2. The van der Waals surface area contributed by atoms with Gasteiger partial charge < -0.3 is 14.2 Å². The van der Waals surface area contributed by atoms with Gasteiger partial charge in [0.25, 0.3) is 11.8 Å². The third-order valence-corrected chi connectivity index (χ3v) is 5.03. The second kappa shape index (κ2) is 7.54. The summed E-state index contributed by atoms with van der Waals surface area (Å²) >= 11 is 0. The average molecular weight is 396 g/mol. The third-order valence-electron chi connectivity index (χ3n) is 5.03. The minimum Gasteiger partial charge on any atom is -0.466 e. The zero-order chi connectivity index (χ0) is 20.5. The van der Waals surface area contributed by atoms with Crippen molar-refractivity contribution < 1.29 is 18.4 Å². The van der Waals surface area contributed by atoms with Crippen molar-refractivity contribution in [3.63, 3.8) is 0 Å². The first kappa shape index (κ1) is 18.9. The van der Waals surface area contributed by atoms with Gasteiger partial charge in [0, 0.05) is 32.4 Å². The van der Waals surface area contributed by atoms with Gasteiger partial charge in [-0.3, -0.25) is 9.59 Å². The van der Waals surface area contributed by atoms with Crippen LogP contribution >= 0.6 is 0 Å². The summed E-state index contributed by atoms with van der Waals surface area (Å²) in [6, 6.07) is 9.57. The molecule has 3 aromatic rings. The molecule has 8 heteroatoms. The molecule has 0 bridgehead atoms. The summed E-state index contributed by atoms with van der Waals surface area (Å²) in [5.41, 5.74) is 1.09. The smallest absolute Gasteiger partial charge is 0.274 e. The zero-order valence-corrected chi connectivity index (χ0v) is 16.3. The highest BCUT2D eigenvalue weighted by Gasteiger charge is 2.28. The molecular weight excluding hydrogens is 375 g/mol. The van der Waals surface area contributed by atoms with Gasteiger partial charge in [-0.15, -0.1) is 0 Å². The van der Waals surface area contributed by atoms with Crippen molar-refractivity contribution in [2.45, 2.75) is 13.8 Å². The monoisotopic (exact) mass is 396 g/mol. The standard InChI is InChI=1S/C21H21FN4O3/c1-14-13-16(15(2)29-14)20(27)24-9-11-25(12-10-24)21(28)18-7-8-26(23-18)19-6-4-3-5-17(19)22/h3-8,13H,9-12H2,1-2H3. The fourth-order valence-corrected chi connectivity index (χ4v) is 3.50. The molecular formula is C21H21FN4O3. The second-order valence-electron chi connectivity index (χ2n) is 7.01. The summed E-state index contributed by atoms with van der Waals surface area (Å²) < 4.78 is 20.7. The molecule has 7 nitrogen and oxygen atoms in total. The molecule has 1 aliphatic rings. The molecule has 3 heterocycles. The number of carbonyl (C=O) groups is 2. The normalized spacial score (nSPS) is 14.3. The highest BCUT2D eigenvalue weighted by atomic mass is 19.1. The minimum absolute atomic E-state index is 0.0877. The topological polar surface area (TPSA) is 71.6 Å². The largest absolute Gasteiger partial charge is 0.466 e. The molecule has 0 atom stereocenters. The first-order valence-corrected chi connectivity index (χ1v) is 9.40. The Morgan fingerprint density at radius 1 is 1.00 bits per heavy atom. The Morgan fingerprint density at radius 2 is 1.66 bits per heavy atom. The van der Waals surface area contributed by atoms with E-state index in [0.29, 0.717) is 43.3 Å². The number of hydrogen-bond acceptors (Lipinski definition) is 4. The predicted octanol–water partition coefficient (Wildman–Crippen LogP) is 2.82. The molecule has 0 N–H and O–H groups in total. The summed E-state index contributed by atoms with van der Waals surface area (Å²) in [4.78, 5) is 28.8. The maximum atomic E-state index is 13.9. The van der Waals surface area contributed by atoms with Crippen LogP contribution in [0.25, 0.3) is 5.69 Å². The first-order valence-electron chi connectivity index (χ1n) is 9.40. The lowest BCUT2D eigenvalue weighted by molar-refractivity contribution is 0.0531. The number of piperazine rings is 1. The van der Waals surface area contributed by atoms with Gasteiger partial charge in [0.15, 0.2) is 5.69 Å². The van der Waals surface area contributed by atoms with Gasteiger partial charge in [0.2, 0.25) is 0 Å². The van der Waals surface area contributed by atoms with Gasteiger partial charge in [-0.25, -0.2) is 9.07 Å². The van der Waals surface area contributed by atoms with Gasteiger partial charge in [0.05, 0.1) is 5.56 Å². The van der Waals surface area contributed by atoms with Crippen LogP contribution in [0.5, 0.6) is 0 Å². The van der Waals surface area contributed by atoms with Crippen molar-refractivity contribution >= 4 is 11.8 Å². The van der Waals surface area contributed by atoms with Gasteiger partial charge in [-0.1, -0.05) is 12.1 Å². The van der Waals surface area contributed by atoms with Gasteiger partial charge in [-0.05, 0) is 38.1 Å². The lowest BCUT2D eigenvalue weighted by Gasteiger charge is -2.34. The molecule has 1 aliphatic heterocycles. The maximum absolute atomic E-state index is 13.9. The van der Waals surface area contributed by atoms with E-state index in [-0.39, 0.29) is 23.2 Å². The Labute approximate surface area is 167 Å². The van der Waals surface area contributed by atoms with E-state index in [1.807, 2.05) is 0 Å². The number of nitrogens with zero attached hydrogens (tertiary/aromatic N) is 4. The molecule has 0 saturated carbocycles. The predicted molar refractivity (Wildman–Crippen MR) is 104 cm³/mol. The van der Waals surface area contributed by atoms with E-state index < -0.39 is 5.82 Å². The maximum Gasteiger partial charge on any atom is 0.274 e.